The van der Waals surface area contributed by atoms with Crippen molar-refractivity contribution in [2.75, 3.05) is 0 Å². The average Bonchev–Trinajstić information content (AvgIpc) is 2.38. The number of hydrogen-bond donors (Lipinski definition) is 1. The Labute approximate surface area is 154 Å². The minimum Gasteiger partial charge on any atom is -0.444 e. The molecule has 1 amide bonds. The van der Waals surface area contributed by atoms with Crippen LogP contribution in [-0.2, 0) is 10.3 Å². The number of nitrogens with zero attached hydrogens (tertiary/aromatic N) is 1. The lowest BCUT2D eigenvalue weighted by Crippen LogP contribution is -2.40. The highest BCUT2D eigenvalue weighted by atomic mass is 79.9. The van der Waals surface area contributed by atoms with Gasteiger partial charge in [-0.05, 0) is 67.7 Å². The van der Waals surface area contributed by atoms with Crippen LogP contribution in [0, 0.1) is 5.82 Å². The molecule has 0 saturated carbocycles. The molecule has 1 aromatic carbocycles. The number of thioether (sulfide) groups is 1. The summed E-state index contributed by atoms with van der Waals surface area (Å²) >= 11 is 4.72. The first-order chi connectivity index (χ1) is 11.0. The van der Waals surface area contributed by atoms with E-state index in [1.165, 1.54) is 17.8 Å². The van der Waals surface area contributed by atoms with E-state index in [1.54, 1.807) is 12.1 Å². The molecule has 1 heterocycles. The zero-order valence-electron chi connectivity index (χ0n) is 14.4. The minimum atomic E-state index is -0.569. The van der Waals surface area contributed by atoms with Crippen LogP contribution in [0.2, 0.25) is 0 Å². The fraction of sp³-hybridized carbons (Fsp3) is 0.529. The van der Waals surface area contributed by atoms with Gasteiger partial charge in [0.1, 0.15) is 11.4 Å². The van der Waals surface area contributed by atoms with Gasteiger partial charge in [0.05, 0.1) is 10.0 Å². The number of ether oxygens (including phenoxy) is 1. The van der Waals surface area contributed by atoms with Gasteiger partial charge in [-0.25, -0.2) is 9.18 Å². The van der Waals surface area contributed by atoms with Crippen LogP contribution in [0.15, 0.2) is 27.7 Å². The molecule has 0 fully saturated rings. The van der Waals surface area contributed by atoms with Crippen molar-refractivity contribution in [3.63, 3.8) is 0 Å². The Morgan fingerprint density at radius 3 is 2.75 bits per heavy atom. The largest absolute Gasteiger partial charge is 0.444 e. The van der Waals surface area contributed by atoms with E-state index in [0.717, 1.165) is 12.0 Å². The molecule has 1 aliphatic rings. The lowest BCUT2D eigenvalue weighted by atomic mass is 9.88. The fourth-order valence-corrected chi connectivity index (χ4v) is 4.11. The van der Waals surface area contributed by atoms with Crippen LogP contribution < -0.4 is 5.32 Å². The number of nitrogens with one attached hydrogen (secondary N) is 1. The molecule has 0 aromatic heterocycles. The van der Waals surface area contributed by atoms with E-state index in [1.807, 2.05) is 27.7 Å². The number of amides is 1. The molecule has 1 N–H and O–H groups in total. The zero-order valence-corrected chi connectivity index (χ0v) is 16.8. The van der Waals surface area contributed by atoms with Gasteiger partial charge in [0, 0.05) is 5.25 Å². The second kappa shape index (κ2) is 7.04. The molecule has 1 aliphatic heterocycles. The SMILES string of the molecule is C[C@@H]1C[C@@](C)(c2ccc(F)c(Br)c2)N=C(NC(=O)OC(C)(C)C)S1. The molecule has 24 heavy (non-hydrogen) atoms. The molecular formula is C17H22BrFN2O2S. The number of aliphatic imine (C=N–C) groups is 1. The molecule has 7 heteroatoms. The predicted octanol–water partition coefficient (Wildman–Crippen LogP) is 5.21. The molecule has 2 atom stereocenters. The van der Waals surface area contributed by atoms with Crippen LogP contribution in [0.4, 0.5) is 9.18 Å². The zero-order chi connectivity index (χ0) is 18.1. The van der Waals surface area contributed by atoms with Gasteiger partial charge in [0.2, 0.25) is 0 Å². The number of carbonyl (C=O) groups excluding carboxylic acids is 1. The monoisotopic (exact) mass is 416 g/mol. The summed E-state index contributed by atoms with van der Waals surface area (Å²) in [6.45, 7) is 9.49. The van der Waals surface area contributed by atoms with E-state index in [9.17, 15) is 9.18 Å². The standard InChI is InChI=1S/C17H22BrFN2O2S/c1-10-9-17(5,11-6-7-13(19)12(18)8-11)21-14(24-10)20-15(22)23-16(2,3)4/h6-8,10H,9H2,1-5H3,(H,20,21,22)/t10-,17+/m1/s1. The summed E-state index contributed by atoms with van der Waals surface area (Å²) in [6, 6.07) is 4.90. The highest BCUT2D eigenvalue weighted by Crippen LogP contribution is 2.40. The van der Waals surface area contributed by atoms with E-state index in [4.69, 9.17) is 9.73 Å². The molecule has 132 valence electrons. The summed E-state index contributed by atoms with van der Waals surface area (Å²) in [5, 5.41) is 3.49. The van der Waals surface area contributed by atoms with Crippen molar-refractivity contribution in [3.05, 3.63) is 34.1 Å². The van der Waals surface area contributed by atoms with Gasteiger partial charge < -0.3 is 4.74 Å². The van der Waals surface area contributed by atoms with Crippen LogP contribution in [0.25, 0.3) is 0 Å². The number of amidine groups is 1. The Balaban J connectivity index is 2.26. The normalized spacial score (nSPS) is 24.3. The third-order valence-electron chi connectivity index (χ3n) is 3.50. The van der Waals surface area contributed by atoms with Gasteiger partial charge in [0.15, 0.2) is 5.17 Å². The summed E-state index contributed by atoms with van der Waals surface area (Å²) in [5.74, 6) is -0.309. The number of carbonyl (C=O) groups is 1. The second-order valence-corrected chi connectivity index (χ2v) is 9.36. The van der Waals surface area contributed by atoms with E-state index >= 15 is 0 Å². The van der Waals surface area contributed by atoms with Gasteiger partial charge in [0.25, 0.3) is 0 Å². The first-order valence-electron chi connectivity index (χ1n) is 7.70. The van der Waals surface area contributed by atoms with Crippen molar-refractivity contribution < 1.29 is 13.9 Å². The number of halogens is 2. The van der Waals surface area contributed by atoms with Crippen molar-refractivity contribution in [1.29, 1.82) is 0 Å². The average molecular weight is 417 g/mol. The number of alkyl carbamates (subject to hydrolysis) is 1. The van der Waals surface area contributed by atoms with Crippen molar-refractivity contribution in [2.45, 2.75) is 57.4 Å². The first-order valence-corrected chi connectivity index (χ1v) is 9.38. The fourth-order valence-electron chi connectivity index (χ4n) is 2.55. The van der Waals surface area contributed by atoms with Gasteiger partial charge in [-0.15, -0.1) is 0 Å². The Morgan fingerprint density at radius 1 is 1.50 bits per heavy atom. The molecule has 0 radical (unpaired) electrons. The van der Waals surface area contributed by atoms with Crippen molar-refractivity contribution in [1.82, 2.24) is 5.32 Å². The smallest absolute Gasteiger partial charge is 0.413 e. The van der Waals surface area contributed by atoms with Gasteiger partial charge in [-0.1, -0.05) is 24.8 Å². The molecule has 0 spiro atoms. The summed E-state index contributed by atoms with van der Waals surface area (Å²) in [6.07, 6.45) is 0.264. The van der Waals surface area contributed by atoms with Gasteiger partial charge in [-0.2, -0.15) is 0 Å². The second-order valence-electron chi connectivity index (χ2n) is 7.08. The van der Waals surface area contributed by atoms with Crippen LogP contribution in [0.5, 0.6) is 0 Å². The van der Waals surface area contributed by atoms with Crippen molar-refractivity contribution in [2.24, 2.45) is 4.99 Å². The molecular weight excluding hydrogens is 395 g/mol. The highest BCUT2D eigenvalue weighted by Gasteiger charge is 2.35. The van der Waals surface area contributed by atoms with E-state index < -0.39 is 17.2 Å². The summed E-state index contributed by atoms with van der Waals surface area (Å²) in [4.78, 5) is 16.7. The molecule has 0 aliphatic carbocycles. The van der Waals surface area contributed by atoms with Crippen LogP contribution >= 0.6 is 27.7 Å². The molecule has 0 saturated heterocycles. The maximum absolute atomic E-state index is 13.5. The molecule has 2 rings (SSSR count). The Kier molecular flexibility index (Phi) is 5.64. The first kappa shape index (κ1) is 19.2. The maximum atomic E-state index is 13.5. The maximum Gasteiger partial charge on any atom is 0.413 e. The van der Waals surface area contributed by atoms with E-state index in [0.29, 0.717) is 9.64 Å². The number of benzene rings is 1. The lowest BCUT2D eigenvalue weighted by Gasteiger charge is -2.34. The summed E-state index contributed by atoms with van der Waals surface area (Å²) in [7, 11) is 0. The summed E-state index contributed by atoms with van der Waals surface area (Å²) in [5.41, 5.74) is -0.210. The van der Waals surface area contributed by atoms with E-state index in [2.05, 4.69) is 28.2 Å². The number of rotatable bonds is 1. The Bertz CT molecular complexity index is 675. The van der Waals surface area contributed by atoms with Gasteiger partial charge >= 0.3 is 6.09 Å². The summed E-state index contributed by atoms with van der Waals surface area (Å²) < 4.78 is 19.2. The third-order valence-corrected chi connectivity index (χ3v) is 5.09. The van der Waals surface area contributed by atoms with Crippen LogP contribution in [0.1, 0.15) is 46.6 Å². The molecule has 0 bridgehead atoms. The van der Waals surface area contributed by atoms with Crippen LogP contribution in [-0.4, -0.2) is 22.1 Å². The highest BCUT2D eigenvalue weighted by molar-refractivity contribution is 9.10. The topological polar surface area (TPSA) is 50.7 Å². The number of hydrogen-bond acceptors (Lipinski definition) is 4. The van der Waals surface area contributed by atoms with E-state index in [-0.39, 0.29) is 11.1 Å². The molecule has 0 unspecified atom stereocenters. The minimum absolute atomic E-state index is 0.251. The predicted molar refractivity (Wildman–Crippen MR) is 99.9 cm³/mol. The van der Waals surface area contributed by atoms with Crippen molar-refractivity contribution >= 4 is 39.0 Å². The third kappa shape index (κ3) is 4.96. The van der Waals surface area contributed by atoms with Crippen LogP contribution in [0.3, 0.4) is 0 Å². The quantitative estimate of drug-likeness (QED) is 0.683. The Morgan fingerprint density at radius 2 is 2.17 bits per heavy atom. The van der Waals surface area contributed by atoms with Gasteiger partial charge in [-0.3, -0.25) is 10.3 Å². The Hall–Kier alpha value is -1.08. The molecule has 4 nitrogen and oxygen atoms in total. The van der Waals surface area contributed by atoms with Crippen molar-refractivity contribution in [3.8, 4) is 0 Å². The lowest BCUT2D eigenvalue weighted by molar-refractivity contribution is 0.0564. The molecule has 1 aromatic rings.